The van der Waals surface area contributed by atoms with E-state index in [9.17, 15) is 4.79 Å². The Balaban J connectivity index is 2.35. The maximum Gasteiger partial charge on any atom is 0.267 e. The van der Waals surface area contributed by atoms with Crippen molar-refractivity contribution in [2.45, 2.75) is 0 Å². The monoisotopic (exact) mass is 130 g/mol. The third-order valence-electron chi connectivity index (χ3n) is 0.858. The number of carbonyl (C=O) groups excluding carboxylic acids is 1. The number of hydrogen-bond acceptors (Lipinski definition) is 3. The molecule has 0 atom stereocenters. The zero-order chi connectivity index (χ0) is 6.15. The van der Waals surface area contributed by atoms with Gasteiger partial charge < -0.3 is 5.73 Å². The molecule has 0 unspecified atom stereocenters. The predicted molar refractivity (Wildman–Crippen MR) is 32.6 cm³/mol. The van der Waals surface area contributed by atoms with Crippen LogP contribution in [0.2, 0.25) is 0 Å². The number of rotatable bonds is 2. The minimum Gasteiger partial charge on any atom is -0.364 e. The van der Waals surface area contributed by atoms with Crippen LogP contribution in [0.3, 0.4) is 0 Å². The quantitative estimate of drug-likeness (QED) is 0.531. The van der Waals surface area contributed by atoms with Crippen LogP contribution in [0.1, 0.15) is 0 Å². The van der Waals surface area contributed by atoms with Crippen molar-refractivity contribution in [2.24, 2.45) is 5.73 Å². The molecule has 0 saturated heterocycles. The van der Waals surface area contributed by atoms with Crippen molar-refractivity contribution in [3.05, 3.63) is 11.9 Å². The number of nitrogens with zero attached hydrogens (tertiary/aromatic N) is 1. The number of amides is 1. The summed E-state index contributed by atoms with van der Waals surface area (Å²) in [5, 5.41) is 0. The highest BCUT2D eigenvalue weighted by molar-refractivity contribution is 7.96. The van der Waals surface area contributed by atoms with Crippen LogP contribution >= 0.6 is 11.9 Å². The topological polar surface area (TPSA) is 46.1 Å². The Labute approximate surface area is 51.7 Å². The van der Waals surface area contributed by atoms with Crippen molar-refractivity contribution in [1.29, 1.82) is 0 Å². The van der Waals surface area contributed by atoms with Crippen molar-refractivity contribution in [3.63, 3.8) is 0 Å². The van der Waals surface area contributed by atoms with Gasteiger partial charge in [0, 0.05) is 12.5 Å². The first-order chi connectivity index (χ1) is 3.75. The molecule has 0 bridgehead atoms. The van der Waals surface area contributed by atoms with Crippen LogP contribution in [-0.2, 0) is 4.79 Å². The van der Waals surface area contributed by atoms with Crippen molar-refractivity contribution < 1.29 is 4.79 Å². The molecule has 44 valence electrons. The molecular weight excluding hydrogens is 124 g/mol. The minimum absolute atomic E-state index is 0.348. The Morgan fingerprint density at radius 1 is 2.00 bits per heavy atom. The Bertz CT molecular complexity index is 154. The van der Waals surface area contributed by atoms with Crippen LogP contribution in [-0.4, -0.2) is 16.5 Å². The minimum atomic E-state index is -0.348. The summed E-state index contributed by atoms with van der Waals surface area (Å²) >= 11 is 1.47. The highest BCUT2D eigenvalue weighted by Gasteiger charge is 2.24. The molecule has 0 radical (unpaired) electrons. The maximum atomic E-state index is 10.2. The molecule has 4 heteroatoms. The van der Waals surface area contributed by atoms with Gasteiger partial charge in [-0.25, -0.2) is 0 Å². The Hall–Kier alpha value is -0.640. The Morgan fingerprint density at radius 3 is 2.75 bits per heavy atom. The summed E-state index contributed by atoms with van der Waals surface area (Å²) < 4.78 is 1.72. The first-order valence-electron chi connectivity index (χ1n) is 2.10. The fourth-order valence-corrected chi connectivity index (χ4v) is 0.897. The van der Waals surface area contributed by atoms with Crippen molar-refractivity contribution in [1.82, 2.24) is 4.31 Å². The molecule has 0 fully saturated rings. The van der Waals surface area contributed by atoms with Crippen LogP contribution < -0.4 is 5.73 Å². The van der Waals surface area contributed by atoms with Crippen LogP contribution in [0, 0.1) is 0 Å². The zero-order valence-corrected chi connectivity index (χ0v) is 5.23. The summed E-state index contributed by atoms with van der Waals surface area (Å²) in [6, 6.07) is 0. The lowest BCUT2D eigenvalue weighted by Crippen LogP contribution is -2.11. The van der Waals surface area contributed by atoms with E-state index in [2.05, 4.69) is 0 Å². The van der Waals surface area contributed by atoms with E-state index in [1.54, 1.807) is 10.5 Å². The van der Waals surface area contributed by atoms with Crippen LogP contribution in [0.5, 0.6) is 0 Å². The van der Waals surface area contributed by atoms with E-state index in [0.29, 0.717) is 5.70 Å². The fourth-order valence-electron chi connectivity index (χ4n) is 0.405. The molecule has 0 aromatic carbocycles. The van der Waals surface area contributed by atoms with Crippen LogP contribution in [0.25, 0.3) is 0 Å². The van der Waals surface area contributed by atoms with Gasteiger partial charge in [-0.2, -0.15) is 0 Å². The summed E-state index contributed by atoms with van der Waals surface area (Å²) in [7, 11) is 0. The van der Waals surface area contributed by atoms with Gasteiger partial charge >= 0.3 is 0 Å². The third kappa shape index (κ3) is 0.790. The van der Waals surface area contributed by atoms with Gasteiger partial charge in [0.05, 0.1) is 0 Å². The van der Waals surface area contributed by atoms with Gasteiger partial charge in [-0.3, -0.25) is 9.10 Å². The number of hydrogen-bond donors (Lipinski definition) is 1. The van der Waals surface area contributed by atoms with Crippen LogP contribution in [0.15, 0.2) is 11.9 Å². The molecule has 2 N–H and O–H groups in total. The highest BCUT2D eigenvalue weighted by Crippen LogP contribution is 2.27. The lowest BCUT2D eigenvalue weighted by molar-refractivity contribution is -0.114. The maximum absolute atomic E-state index is 10.2. The molecule has 1 rings (SSSR count). The predicted octanol–water partition coefficient (Wildman–Crippen LogP) is -0.0933. The van der Waals surface area contributed by atoms with Gasteiger partial charge in [-0.05, 0) is 11.9 Å². The number of primary amides is 1. The van der Waals surface area contributed by atoms with Gasteiger partial charge in [0.15, 0.2) is 0 Å². The van der Waals surface area contributed by atoms with Crippen molar-refractivity contribution in [3.8, 4) is 0 Å². The summed E-state index contributed by atoms with van der Waals surface area (Å²) in [6.07, 6.45) is 3.58. The second kappa shape index (κ2) is 1.70. The molecule has 0 aromatic rings. The first-order valence-corrected chi connectivity index (χ1v) is 3.29. The molecule has 0 aromatic heterocycles. The lowest BCUT2D eigenvalue weighted by Gasteiger charge is -1.93. The lowest BCUT2D eigenvalue weighted by atomic mass is 10.6. The summed E-state index contributed by atoms with van der Waals surface area (Å²) in [6.45, 7) is 0. The molecule has 0 saturated carbocycles. The summed E-state index contributed by atoms with van der Waals surface area (Å²) in [5.41, 5.74) is 5.51. The summed E-state index contributed by atoms with van der Waals surface area (Å²) in [5.74, 6) is -0.348. The Kier molecular flexibility index (Phi) is 1.17. The average molecular weight is 130 g/mol. The molecule has 1 amide bonds. The zero-order valence-electron chi connectivity index (χ0n) is 4.42. The standard InChI is InChI=1S/C4H6N2OS/c1-8-6-2-3(6)4(5)7/h2H,1H3,(H2,5,7). The molecule has 1 aliphatic rings. The largest absolute Gasteiger partial charge is 0.364 e. The van der Waals surface area contributed by atoms with E-state index < -0.39 is 0 Å². The SMILES string of the molecule is CSN1C=C1C(N)=O. The summed E-state index contributed by atoms with van der Waals surface area (Å²) in [4.78, 5) is 10.2. The molecule has 0 aliphatic carbocycles. The van der Waals surface area contributed by atoms with Crippen LogP contribution in [0.4, 0.5) is 0 Å². The van der Waals surface area contributed by atoms with Gasteiger partial charge in [0.25, 0.3) is 5.91 Å². The average Bonchev–Trinajstić information content (AvgIpc) is 2.42. The molecule has 8 heavy (non-hydrogen) atoms. The third-order valence-corrected chi connectivity index (χ3v) is 1.55. The van der Waals surface area contributed by atoms with E-state index in [1.165, 1.54) is 11.9 Å². The van der Waals surface area contributed by atoms with E-state index in [0.717, 1.165) is 0 Å². The van der Waals surface area contributed by atoms with E-state index >= 15 is 0 Å². The number of carbonyl (C=O) groups is 1. The highest BCUT2D eigenvalue weighted by atomic mass is 32.2. The van der Waals surface area contributed by atoms with Gasteiger partial charge in [-0.15, -0.1) is 0 Å². The second-order valence-corrected chi connectivity index (χ2v) is 2.15. The molecule has 3 nitrogen and oxygen atoms in total. The molecule has 0 spiro atoms. The first kappa shape index (κ1) is 5.50. The van der Waals surface area contributed by atoms with E-state index in [4.69, 9.17) is 5.73 Å². The van der Waals surface area contributed by atoms with Crippen molar-refractivity contribution >= 4 is 17.9 Å². The second-order valence-electron chi connectivity index (χ2n) is 1.39. The van der Waals surface area contributed by atoms with Crippen molar-refractivity contribution in [2.75, 3.05) is 6.26 Å². The normalized spacial score (nSPS) is 15.6. The number of nitrogens with two attached hydrogens (primary N) is 1. The molecular formula is C4H6N2OS. The fraction of sp³-hybridized carbons (Fsp3) is 0.250. The smallest absolute Gasteiger partial charge is 0.267 e. The molecule has 1 heterocycles. The molecule has 1 aliphatic heterocycles. The van der Waals surface area contributed by atoms with Gasteiger partial charge in [0.1, 0.15) is 5.70 Å². The van der Waals surface area contributed by atoms with Gasteiger partial charge in [0.2, 0.25) is 0 Å². The van der Waals surface area contributed by atoms with Gasteiger partial charge in [-0.1, -0.05) is 0 Å². The van der Waals surface area contributed by atoms with E-state index in [1.807, 2.05) is 6.26 Å². The Morgan fingerprint density at radius 2 is 2.62 bits per heavy atom. The van der Waals surface area contributed by atoms with E-state index in [-0.39, 0.29) is 5.91 Å².